The summed E-state index contributed by atoms with van der Waals surface area (Å²) < 4.78 is 0. The van der Waals surface area contributed by atoms with E-state index in [1.165, 1.54) is 38.8 Å². The zero-order chi connectivity index (χ0) is 11.1. The van der Waals surface area contributed by atoms with Crippen LogP contribution in [0.4, 0.5) is 0 Å². The van der Waals surface area contributed by atoms with E-state index < -0.39 is 7.28 Å². The molecular formula is C10H22BN3. The first kappa shape index (κ1) is 15.5. The summed E-state index contributed by atoms with van der Waals surface area (Å²) in [6, 6.07) is 0. The topological polar surface area (TPSA) is 64.2 Å². The summed E-state index contributed by atoms with van der Waals surface area (Å²) in [5.74, 6) is 3.56. The van der Waals surface area contributed by atoms with E-state index in [2.05, 4.69) is 19.2 Å². The number of nitrogens with two attached hydrogens (primary N) is 1. The monoisotopic (exact) mass is 195 g/mol. The molecule has 0 radical (unpaired) electrons. The second-order valence-electron chi connectivity index (χ2n) is 3.27. The molecule has 0 fully saturated rings. The fourth-order valence-corrected chi connectivity index (χ4v) is 0.891. The molecule has 0 atom stereocenters. The Morgan fingerprint density at radius 3 is 1.64 bits per heavy atom. The van der Waals surface area contributed by atoms with Crippen molar-refractivity contribution in [2.24, 2.45) is 0 Å². The highest BCUT2D eigenvalue weighted by atomic mass is 14.8. The average Bonchev–Trinajstić information content (AvgIpc) is 2.20. The van der Waals surface area contributed by atoms with Crippen LogP contribution in [0.2, 0.25) is 0 Å². The van der Waals surface area contributed by atoms with Crippen LogP contribution >= 0.6 is 0 Å². The van der Waals surface area contributed by atoms with Crippen molar-refractivity contribution in [3.8, 4) is 11.9 Å². The maximum absolute atomic E-state index is 7.65. The minimum Gasteiger partial charge on any atom is -0.346 e. The Hall–Kier alpha value is -0.995. The van der Waals surface area contributed by atoms with Gasteiger partial charge in [0.2, 0.25) is 0 Å². The van der Waals surface area contributed by atoms with E-state index in [1.54, 1.807) is 11.9 Å². The van der Waals surface area contributed by atoms with Gasteiger partial charge in [0.1, 0.15) is 0 Å². The Bertz CT molecular complexity index is 151. The number of rotatable bonds is 6. The molecule has 0 spiro atoms. The Morgan fingerprint density at radius 1 is 1.00 bits per heavy atom. The minimum absolute atomic E-state index is 0.861. The van der Waals surface area contributed by atoms with Gasteiger partial charge in [-0.25, -0.2) is 10.5 Å². The van der Waals surface area contributed by atoms with E-state index in [0.717, 1.165) is 0 Å². The van der Waals surface area contributed by atoms with Crippen LogP contribution in [0.3, 0.4) is 0 Å². The first-order chi connectivity index (χ1) is 6.83. The van der Waals surface area contributed by atoms with Crippen molar-refractivity contribution in [1.82, 2.24) is 0 Å². The van der Waals surface area contributed by atoms with Crippen molar-refractivity contribution in [1.29, 1.82) is 10.5 Å². The summed E-state index contributed by atoms with van der Waals surface area (Å²) in [7, 11) is -0.861. The lowest BCUT2D eigenvalue weighted by atomic mass is 9.85. The van der Waals surface area contributed by atoms with Gasteiger partial charge in [0.05, 0.1) is 13.1 Å². The van der Waals surface area contributed by atoms with Crippen LogP contribution in [0.25, 0.3) is 0 Å². The second kappa shape index (κ2) is 17.9. The standard InChI is InChI=1S/C8H19N.C2H2BN2/c1-3-5-7-9-8-6-4-2;4-1-3-2-5/h9H,3-8H2,1-2H3;3H2/q;-1/p+1. The molecule has 0 saturated heterocycles. The van der Waals surface area contributed by atoms with E-state index in [0.29, 0.717) is 0 Å². The molecule has 0 heterocycles. The van der Waals surface area contributed by atoms with Gasteiger partial charge in [-0.15, -0.1) is 11.9 Å². The van der Waals surface area contributed by atoms with E-state index in [9.17, 15) is 0 Å². The molecule has 0 amide bonds. The molecule has 0 aromatic heterocycles. The largest absolute Gasteiger partial charge is 0.346 e. The van der Waals surface area contributed by atoms with Gasteiger partial charge >= 0.3 is 0 Å². The van der Waals surface area contributed by atoms with Crippen LogP contribution in [-0.2, 0) is 0 Å². The molecule has 0 aromatic carbocycles. The van der Waals surface area contributed by atoms with Gasteiger partial charge in [0.15, 0.2) is 7.28 Å². The lowest BCUT2D eigenvalue weighted by Gasteiger charge is -1.96. The quantitative estimate of drug-likeness (QED) is 0.488. The van der Waals surface area contributed by atoms with Crippen LogP contribution in [0.5, 0.6) is 0 Å². The third kappa shape index (κ3) is 22.4. The first-order valence-electron chi connectivity index (χ1n) is 5.68. The molecular weight excluding hydrogens is 173 g/mol. The predicted molar refractivity (Wildman–Crippen MR) is 61.2 cm³/mol. The summed E-state index contributed by atoms with van der Waals surface area (Å²) in [5.41, 5.74) is 0. The fourth-order valence-electron chi connectivity index (χ4n) is 0.891. The van der Waals surface area contributed by atoms with E-state index in [1.807, 2.05) is 0 Å². The highest BCUT2D eigenvalue weighted by Gasteiger charge is 1.86. The molecule has 2 N–H and O–H groups in total. The molecule has 0 rings (SSSR count). The van der Waals surface area contributed by atoms with Crippen molar-refractivity contribution in [2.45, 2.75) is 39.5 Å². The third-order valence-electron chi connectivity index (χ3n) is 1.75. The van der Waals surface area contributed by atoms with Crippen molar-refractivity contribution in [2.75, 3.05) is 13.1 Å². The van der Waals surface area contributed by atoms with Crippen LogP contribution < -0.4 is 5.32 Å². The number of nitrogens with zero attached hydrogens (tertiary/aromatic N) is 2. The van der Waals surface area contributed by atoms with Gasteiger partial charge in [-0.05, 0) is 12.8 Å². The van der Waals surface area contributed by atoms with Crippen LogP contribution in [0, 0.1) is 22.5 Å². The van der Waals surface area contributed by atoms with Gasteiger partial charge in [-0.2, -0.15) is 0 Å². The number of hydrogen-bond acceptors (Lipinski definition) is 2. The molecule has 0 aliphatic rings. The van der Waals surface area contributed by atoms with Crippen molar-refractivity contribution < 1.29 is 5.32 Å². The maximum atomic E-state index is 7.65. The van der Waals surface area contributed by atoms with Crippen molar-refractivity contribution >= 4 is 7.28 Å². The Labute approximate surface area is 88.4 Å². The summed E-state index contributed by atoms with van der Waals surface area (Å²) in [6.45, 7) is 7.15. The van der Waals surface area contributed by atoms with Crippen molar-refractivity contribution in [3.63, 3.8) is 0 Å². The van der Waals surface area contributed by atoms with Gasteiger partial charge in [-0.3, -0.25) is 0 Å². The summed E-state index contributed by atoms with van der Waals surface area (Å²) in [4.78, 5) is 0. The first-order valence-corrected chi connectivity index (χ1v) is 5.68. The Balaban J connectivity index is 0. The zero-order valence-electron chi connectivity index (χ0n) is 9.71. The molecule has 0 aliphatic heterocycles. The molecule has 14 heavy (non-hydrogen) atoms. The lowest BCUT2D eigenvalue weighted by Crippen LogP contribution is -2.84. The number of hydrogen-bond donors (Lipinski definition) is 1. The van der Waals surface area contributed by atoms with E-state index in [-0.39, 0.29) is 0 Å². The molecule has 0 saturated carbocycles. The van der Waals surface area contributed by atoms with Crippen molar-refractivity contribution in [3.05, 3.63) is 0 Å². The van der Waals surface area contributed by atoms with Gasteiger partial charge in [-0.1, -0.05) is 26.7 Å². The number of nitriles is 2. The van der Waals surface area contributed by atoms with Gasteiger partial charge in [0, 0.05) is 0 Å². The molecule has 0 aromatic rings. The maximum Gasteiger partial charge on any atom is 0.179 e. The number of unbranched alkanes of at least 4 members (excludes halogenated alkanes) is 2. The SMILES string of the molecule is CCCC[NH2+]CCCC.N#C[BH2-]C#N. The van der Waals surface area contributed by atoms with Gasteiger partial charge < -0.3 is 5.32 Å². The molecule has 0 unspecified atom stereocenters. The summed E-state index contributed by atoms with van der Waals surface area (Å²) in [6.07, 6.45) is 5.43. The minimum atomic E-state index is -0.861. The number of quaternary nitrogens is 1. The zero-order valence-corrected chi connectivity index (χ0v) is 9.71. The average molecular weight is 195 g/mol. The summed E-state index contributed by atoms with van der Waals surface area (Å²) >= 11 is 0. The summed E-state index contributed by atoms with van der Waals surface area (Å²) in [5, 5.41) is 17.7. The van der Waals surface area contributed by atoms with E-state index >= 15 is 0 Å². The highest BCUT2D eigenvalue weighted by Crippen LogP contribution is 1.80. The fraction of sp³-hybridized carbons (Fsp3) is 0.800. The molecule has 0 bridgehead atoms. The lowest BCUT2D eigenvalue weighted by molar-refractivity contribution is -0.655. The molecule has 3 nitrogen and oxygen atoms in total. The van der Waals surface area contributed by atoms with Crippen LogP contribution in [0.15, 0.2) is 0 Å². The van der Waals surface area contributed by atoms with Crippen LogP contribution in [0.1, 0.15) is 39.5 Å². The Morgan fingerprint density at radius 2 is 1.43 bits per heavy atom. The van der Waals surface area contributed by atoms with Crippen LogP contribution in [-0.4, -0.2) is 20.4 Å². The smallest absolute Gasteiger partial charge is 0.179 e. The highest BCUT2D eigenvalue weighted by molar-refractivity contribution is 6.53. The van der Waals surface area contributed by atoms with Gasteiger partial charge in [0.25, 0.3) is 0 Å². The normalized spacial score (nSPS) is 8.00. The third-order valence-corrected chi connectivity index (χ3v) is 1.75. The second-order valence-corrected chi connectivity index (χ2v) is 3.27. The van der Waals surface area contributed by atoms with E-state index in [4.69, 9.17) is 10.5 Å². The molecule has 0 aliphatic carbocycles. The molecule has 4 heteroatoms. The molecule has 80 valence electrons. The predicted octanol–water partition coefficient (Wildman–Crippen LogP) is 0.267. The Kier molecular flexibility index (Phi) is 19.8.